The fourth-order valence-corrected chi connectivity index (χ4v) is 3.47. The lowest BCUT2D eigenvalue weighted by molar-refractivity contribution is -0.121. The number of hydrogen-bond donors (Lipinski definition) is 1. The van der Waals surface area contributed by atoms with Crippen molar-refractivity contribution in [3.8, 4) is 11.5 Å². The lowest BCUT2D eigenvalue weighted by atomic mass is 10.2. The maximum Gasteiger partial charge on any atom is 0.261 e. The van der Waals surface area contributed by atoms with E-state index in [0.29, 0.717) is 25.3 Å². The molecule has 180 valence electrons. The molecule has 0 bridgehead atoms. The van der Waals surface area contributed by atoms with Gasteiger partial charge >= 0.3 is 0 Å². The molecule has 0 aliphatic rings. The molecule has 1 N–H and O–H groups in total. The molecule has 1 heterocycles. The summed E-state index contributed by atoms with van der Waals surface area (Å²) in [4.78, 5) is 28.7. The van der Waals surface area contributed by atoms with Crippen LogP contribution in [0.4, 0.5) is 4.39 Å². The molecule has 0 saturated carbocycles. The van der Waals surface area contributed by atoms with Gasteiger partial charge in [-0.15, -0.1) is 0 Å². The third-order valence-electron chi connectivity index (χ3n) is 5.33. The molecule has 1 aromatic heterocycles. The van der Waals surface area contributed by atoms with Crippen molar-refractivity contribution in [3.05, 3.63) is 101 Å². The topological polar surface area (TPSA) is 82.5 Å². The Kier molecular flexibility index (Phi) is 8.06. The summed E-state index contributed by atoms with van der Waals surface area (Å²) in [7, 11) is 0. The summed E-state index contributed by atoms with van der Waals surface area (Å²) in [6, 6.07) is 21.2. The first-order valence-electron chi connectivity index (χ1n) is 11.4. The first-order chi connectivity index (χ1) is 17.1. The second kappa shape index (κ2) is 11.8. The number of halogens is 1. The van der Waals surface area contributed by atoms with Gasteiger partial charge in [0.15, 0.2) is 0 Å². The molecule has 7 nitrogen and oxygen atoms in total. The Bertz CT molecular complexity index is 1320. The van der Waals surface area contributed by atoms with E-state index in [1.54, 1.807) is 0 Å². The van der Waals surface area contributed by atoms with Crippen LogP contribution in [0.1, 0.15) is 18.4 Å². The van der Waals surface area contributed by atoms with Crippen molar-refractivity contribution in [2.75, 3.05) is 13.2 Å². The molecule has 0 spiro atoms. The highest BCUT2D eigenvalue weighted by molar-refractivity contribution is 5.79. The van der Waals surface area contributed by atoms with Crippen molar-refractivity contribution >= 4 is 16.8 Å². The smallest absolute Gasteiger partial charge is 0.261 e. The monoisotopic (exact) mass is 475 g/mol. The normalized spacial score (nSPS) is 10.8. The number of ether oxygens (including phenoxy) is 2. The first kappa shape index (κ1) is 23.9. The summed E-state index contributed by atoms with van der Waals surface area (Å²) >= 11 is 0. The lowest BCUT2D eigenvalue weighted by Crippen LogP contribution is -2.33. The van der Waals surface area contributed by atoms with E-state index in [0.717, 1.165) is 36.0 Å². The number of fused-ring (bicyclic) bond motifs is 1. The van der Waals surface area contributed by atoms with E-state index in [4.69, 9.17) is 9.47 Å². The predicted octanol–water partition coefficient (Wildman–Crippen LogP) is 4.09. The Morgan fingerprint density at radius 3 is 2.46 bits per heavy atom. The Hall–Kier alpha value is -4.20. The van der Waals surface area contributed by atoms with Crippen molar-refractivity contribution in [1.29, 1.82) is 0 Å². The second-order valence-corrected chi connectivity index (χ2v) is 7.99. The number of nitrogens with zero attached hydrogens (tertiary/aromatic N) is 2. The maximum absolute atomic E-state index is 13.4. The molecule has 0 unspecified atom stereocenters. The number of nitrogens with one attached hydrogen (secondary N) is 1. The molecule has 35 heavy (non-hydrogen) atoms. The molecule has 0 saturated heterocycles. The number of rotatable bonds is 11. The standard InChI is InChI=1S/C27H26FN3O4/c28-21-8-13-25-24(16-21)27(33)31(19-30-25)17-26(32)29-14-4-5-15-34-22-9-11-23(12-10-22)35-18-20-6-2-1-3-7-20/h1-3,6-13,16,19H,4-5,14-15,17-18H2,(H,29,32). The van der Waals surface area contributed by atoms with E-state index in [-0.39, 0.29) is 17.8 Å². The Balaban J connectivity index is 1.13. The summed E-state index contributed by atoms with van der Waals surface area (Å²) in [5.74, 6) is 0.695. The van der Waals surface area contributed by atoms with Crippen LogP contribution < -0.4 is 20.3 Å². The molecule has 1 amide bonds. The number of benzene rings is 3. The van der Waals surface area contributed by atoms with Crippen molar-refractivity contribution in [2.24, 2.45) is 0 Å². The van der Waals surface area contributed by atoms with E-state index < -0.39 is 11.4 Å². The number of carbonyl (C=O) groups is 1. The van der Waals surface area contributed by atoms with Gasteiger partial charge < -0.3 is 14.8 Å². The van der Waals surface area contributed by atoms with Crippen molar-refractivity contribution < 1.29 is 18.7 Å². The highest BCUT2D eigenvalue weighted by Gasteiger charge is 2.09. The van der Waals surface area contributed by atoms with Crippen LogP contribution in [0.15, 0.2) is 83.9 Å². The van der Waals surface area contributed by atoms with Crippen LogP contribution in [0.5, 0.6) is 11.5 Å². The molecule has 0 radical (unpaired) electrons. The second-order valence-electron chi connectivity index (χ2n) is 7.99. The van der Waals surface area contributed by atoms with E-state index in [1.807, 2.05) is 54.6 Å². The number of unbranched alkanes of at least 4 members (excludes halogenated alkanes) is 1. The summed E-state index contributed by atoms with van der Waals surface area (Å²) in [5.41, 5.74) is 1.05. The average Bonchev–Trinajstić information content (AvgIpc) is 2.88. The van der Waals surface area contributed by atoms with Crippen LogP contribution in [0, 0.1) is 5.82 Å². The zero-order valence-corrected chi connectivity index (χ0v) is 19.2. The summed E-state index contributed by atoms with van der Waals surface area (Å²) in [6.07, 6.45) is 2.78. The molecule has 8 heteroatoms. The van der Waals surface area contributed by atoms with Crippen molar-refractivity contribution in [1.82, 2.24) is 14.9 Å². The zero-order valence-electron chi connectivity index (χ0n) is 19.2. The SMILES string of the molecule is O=C(Cn1cnc2ccc(F)cc2c1=O)NCCCCOc1ccc(OCc2ccccc2)cc1. The molecule has 0 aliphatic heterocycles. The number of amides is 1. The van der Waals surface area contributed by atoms with Crippen LogP contribution in [-0.4, -0.2) is 28.6 Å². The summed E-state index contributed by atoms with van der Waals surface area (Å²) in [6.45, 7) is 1.31. The minimum atomic E-state index is -0.520. The molecule has 3 aromatic carbocycles. The quantitative estimate of drug-likeness (QED) is 0.331. The van der Waals surface area contributed by atoms with Crippen LogP contribution in [0.25, 0.3) is 10.9 Å². The van der Waals surface area contributed by atoms with Crippen LogP contribution >= 0.6 is 0 Å². The Labute approximate surface area is 202 Å². The minimum absolute atomic E-state index is 0.147. The molecule has 0 atom stereocenters. The van der Waals surface area contributed by atoms with E-state index in [2.05, 4.69) is 10.3 Å². The number of aromatic nitrogens is 2. The van der Waals surface area contributed by atoms with Gasteiger partial charge in [-0.2, -0.15) is 0 Å². The van der Waals surface area contributed by atoms with E-state index >= 15 is 0 Å². The predicted molar refractivity (Wildman–Crippen MR) is 131 cm³/mol. The van der Waals surface area contributed by atoms with Crippen LogP contribution in [0.2, 0.25) is 0 Å². The third-order valence-corrected chi connectivity index (χ3v) is 5.33. The molecular formula is C27H26FN3O4. The van der Waals surface area contributed by atoms with Gasteiger partial charge in [0.05, 0.1) is 23.8 Å². The van der Waals surface area contributed by atoms with Crippen LogP contribution in [-0.2, 0) is 17.9 Å². The van der Waals surface area contributed by atoms with Crippen molar-refractivity contribution in [2.45, 2.75) is 26.0 Å². The van der Waals surface area contributed by atoms with E-state index in [1.165, 1.54) is 23.0 Å². The molecular weight excluding hydrogens is 449 g/mol. The molecule has 0 aliphatic carbocycles. The van der Waals surface area contributed by atoms with Gasteiger partial charge in [0, 0.05) is 6.54 Å². The van der Waals surface area contributed by atoms with Gasteiger partial charge in [-0.25, -0.2) is 9.37 Å². The van der Waals surface area contributed by atoms with Gasteiger partial charge in [-0.3, -0.25) is 14.2 Å². The number of carbonyl (C=O) groups excluding carboxylic acids is 1. The van der Waals surface area contributed by atoms with Gasteiger partial charge in [-0.05, 0) is 60.9 Å². The maximum atomic E-state index is 13.4. The largest absolute Gasteiger partial charge is 0.494 e. The van der Waals surface area contributed by atoms with Gasteiger partial charge in [0.2, 0.25) is 5.91 Å². The van der Waals surface area contributed by atoms with Crippen molar-refractivity contribution in [3.63, 3.8) is 0 Å². The minimum Gasteiger partial charge on any atom is -0.494 e. The fourth-order valence-electron chi connectivity index (χ4n) is 3.47. The fraction of sp³-hybridized carbons (Fsp3) is 0.222. The van der Waals surface area contributed by atoms with Crippen LogP contribution in [0.3, 0.4) is 0 Å². The van der Waals surface area contributed by atoms with Gasteiger partial charge in [0.25, 0.3) is 5.56 Å². The molecule has 4 aromatic rings. The van der Waals surface area contributed by atoms with E-state index in [9.17, 15) is 14.0 Å². The lowest BCUT2D eigenvalue weighted by Gasteiger charge is -2.10. The summed E-state index contributed by atoms with van der Waals surface area (Å²) in [5, 5.41) is 2.93. The number of hydrogen-bond acceptors (Lipinski definition) is 5. The molecule has 0 fully saturated rings. The summed E-state index contributed by atoms with van der Waals surface area (Å²) < 4.78 is 26.1. The van der Waals surface area contributed by atoms with Gasteiger partial charge in [0.1, 0.15) is 30.5 Å². The highest BCUT2D eigenvalue weighted by Crippen LogP contribution is 2.19. The first-order valence-corrected chi connectivity index (χ1v) is 11.4. The highest BCUT2D eigenvalue weighted by atomic mass is 19.1. The van der Waals surface area contributed by atoms with Gasteiger partial charge in [-0.1, -0.05) is 30.3 Å². The molecule has 4 rings (SSSR count). The Morgan fingerprint density at radius 1 is 0.943 bits per heavy atom. The third kappa shape index (κ3) is 6.89. The zero-order chi connectivity index (χ0) is 24.5. The Morgan fingerprint density at radius 2 is 1.69 bits per heavy atom. The average molecular weight is 476 g/mol.